The Hall–Kier alpha value is -1.37. The SMILES string of the molecule is CS/C(N)=N\[C@](CF)(c1cc(N)cc(F)c1F)C(C)C. The van der Waals surface area contributed by atoms with Crippen LogP contribution in [-0.2, 0) is 5.54 Å². The van der Waals surface area contributed by atoms with Crippen LogP contribution in [0.15, 0.2) is 17.1 Å². The molecule has 0 fully saturated rings. The maximum Gasteiger partial charge on any atom is 0.164 e. The highest BCUT2D eigenvalue weighted by molar-refractivity contribution is 8.13. The van der Waals surface area contributed by atoms with Crippen molar-refractivity contribution in [1.82, 2.24) is 0 Å². The van der Waals surface area contributed by atoms with Crippen LogP contribution in [0.5, 0.6) is 0 Å². The van der Waals surface area contributed by atoms with E-state index in [0.717, 1.165) is 17.8 Å². The van der Waals surface area contributed by atoms with Gasteiger partial charge < -0.3 is 11.5 Å². The van der Waals surface area contributed by atoms with Crippen LogP contribution in [0.3, 0.4) is 0 Å². The van der Waals surface area contributed by atoms with Gasteiger partial charge in [0.1, 0.15) is 12.2 Å². The molecule has 0 aliphatic heterocycles. The van der Waals surface area contributed by atoms with E-state index in [9.17, 15) is 13.2 Å². The van der Waals surface area contributed by atoms with Crippen LogP contribution in [-0.4, -0.2) is 18.1 Å². The third-order valence-electron chi connectivity index (χ3n) is 3.19. The van der Waals surface area contributed by atoms with Gasteiger partial charge in [0.2, 0.25) is 0 Å². The number of thioether (sulfide) groups is 1. The zero-order valence-corrected chi connectivity index (χ0v) is 12.4. The fourth-order valence-electron chi connectivity index (χ4n) is 1.92. The van der Waals surface area contributed by atoms with Gasteiger partial charge in [0.05, 0.1) is 0 Å². The van der Waals surface area contributed by atoms with E-state index in [0.29, 0.717) is 0 Å². The Morgan fingerprint density at radius 1 is 1.40 bits per heavy atom. The first-order valence-corrected chi connectivity index (χ1v) is 7.21. The number of nitrogen functional groups attached to an aromatic ring is 1. The third kappa shape index (κ3) is 3.03. The molecule has 112 valence electrons. The van der Waals surface area contributed by atoms with Gasteiger partial charge in [-0.3, -0.25) is 0 Å². The van der Waals surface area contributed by atoms with Crippen LogP contribution < -0.4 is 11.5 Å². The summed E-state index contributed by atoms with van der Waals surface area (Å²) in [6.45, 7) is 2.32. The van der Waals surface area contributed by atoms with Crippen molar-refractivity contribution in [2.75, 3.05) is 18.7 Å². The Labute approximate surface area is 120 Å². The molecule has 4 N–H and O–H groups in total. The van der Waals surface area contributed by atoms with Crippen molar-refractivity contribution in [3.05, 3.63) is 29.3 Å². The van der Waals surface area contributed by atoms with Crippen LogP contribution in [0.2, 0.25) is 0 Å². The Morgan fingerprint density at radius 3 is 2.45 bits per heavy atom. The summed E-state index contributed by atoms with van der Waals surface area (Å²) >= 11 is 1.11. The van der Waals surface area contributed by atoms with E-state index >= 15 is 0 Å². The van der Waals surface area contributed by atoms with Crippen molar-refractivity contribution < 1.29 is 13.2 Å². The first-order chi connectivity index (χ1) is 9.28. The minimum Gasteiger partial charge on any atom is -0.399 e. The predicted octanol–water partition coefficient (Wildman–Crippen LogP) is 3.05. The van der Waals surface area contributed by atoms with Crippen molar-refractivity contribution in [3.8, 4) is 0 Å². The maximum atomic E-state index is 14.1. The van der Waals surface area contributed by atoms with E-state index in [1.54, 1.807) is 20.1 Å². The van der Waals surface area contributed by atoms with Crippen molar-refractivity contribution in [3.63, 3.8) is 0 Å². The fraction of sp³-hybridized carbons (Fsp3) is 0.462. The molecule has 0 amide bonds. The molecule has 0 radical (unpaired) electrons. The highest BCUT2D eigenvalue weighted by Gasteiger charge is 2.39. The summed E-state index contributed by atoms with van der Waals surface area (Å²) in [7, 11) is 0. The number of alkyl halides is 1. The molecular weight excluding hydrogens is 287 g/mol. The summed E-state index contributed by atoms with van der Waals surface area (Å²) in [5, 5.41) is 0.0959. The summed E-state index contributed by atoms with van der Waals surface area (Å²) in [4.78, 5) is 4.08. The second kappa shape index (κ2) is 6.39. The number of hydrogen-bond donors (Lipinski definition) is 2. The number of hydrogen-bond acceptors (Lipinski definition) is 3. The average molecular weight is 305 g/mol. The molecule has 7 heteroatoms. The summed E-state index contributed by atoms with van der Waals surface area (Å²) in [6.07, 6.45) is 1.67. The lowest BCUT2D eigenvalue weighted by Crippen LogP contribution is -2.36. The number of anilines is 1. The molecule has 0 aliphatic rings. The molecule has 0 heterocycles. The molecule has 1 atom stereocenters. The van der Waals surface area contributed by atoms with Gasteiger partial charge in [0.15, 0.2) is 16.8 Å². The molecule has 0 saturated carbocycles. The molecule has 3 nitrogen and oxygen atoms in total. The number of amidine groups is 1. The summed E-state index contributed by atoms with van der Waals surface area (Å²) in [6, 6.07) is 2.05. The van der Waals surface area contributed by atoms with E-state index < -0.39 is 29.8 Å². The maximum absolute atomic E-state index is 14.1. The van der Waals surface area contributed by atoms with Crippen molar-refractivity contribution >= 4 is 22.6 Å². The van der Waals surface area contributed by atoms with Gasteiger partial charge in [-0.05, 0) is 24.3 Å². The van der Waals surface area contributed by atoms with Gasteiger partial charge in [-0.15, -0.1) is 0 Å². The van der Waals surface area contributed by atoms with E-state index in [1.165, 1.54) is 6.07 Å². The number of aliphatic imine (C=N–C) groups is 1. The Kier molecular flexibility index (Phi) is 5.33. The van der Waals surface area contributed by atoms with E-state index in [-0.39, 0.29) is 16.4 Å². The molecule has 1 rings (SSSR count). The lowest BCUT2D eigenvalue weighted by atomic mass is 9.81. The van der Waals surface area contributed by atoms with Gasteiger partial charge in [-0.2, -0.15) is 0 Å². The normalized spacial score (nSPS) is 15.4. The van der Waals surface area contributed by atoms with Crippen molar-refractivity contribution in [2.24, 2.45) is 16.6 Å². The predicted molar refractivity (Wildman–Crippen MR) is 78.4 cm³/mol. The van der Waals surface area contributed by atoms with Gasteiger partial charge in [-0.1, -0.05) is 25.6 Å². The summed E-state index contributed by atoms with van der Waals surface area (Å²) in [5.74, 6) is -2.71. The van der Waals surface area contributed by atoms with Gasteiger partial charge in [-0.25, -0.2) is 18.2 Å². The summed E-state index contributed by atoms with van der Waals surface area (Å²) in [5.41, 5.74) is 9.37. The average Bonchev–Trinajstić information content (AvgIpc) is 2.39. The van der Waals surface area contributed by atoms with Crippen LogP contribution in [0.25, 0.3) is 0 Å². The quantitative estimate of drug-likeness (QED) is 0.510. The number of nitrogens with zero attached hydrogens (tertiary/aromatic N) is 1. The number of halogens is 3. The van der Waals surface area contributed by atoms with Crippen LogP contribution >= 0.6 is 11.8 Å². The Morgan fingerprint density at radius 2 is 2.00 bits per heavy atom. The van der Waals surface area contributed by atoms with Crippen LogP contribution in [0.4, 0.5) is 18.9 Å². The lowest BCUT2D eigenvalue weighted by Gasteiger charge is -2.32. The fourth-order valence-corrected chi connectivity index (χ4v) is 2.18. The third-order valence-corrected chi connectivity index (χ3v) is 3.70. The van der Waals surface area contributed by atoms with Gasteiger partial charge in [0.25, 0.3) is 0 Å². The second-order valence-electron chi connectivity index (χ2n) is 4.73. The molecular formula is C13H18F3N3S. The number of nitrogens with two attached hydrogens (primary N) is 2. The number of benzene rings is 1. The topological polar surface area (TPSA) is 64.4 Å². The van der Waals surface area contributed by atoms with E-state index in [2.05, 4.69) is 4.99 Å². The molecule has 0 aromatic heterocycles. The zero-order chi connectivity index (χ0) is 15.5. The molecule has 0 unspecified atom stereocenters. The molecule has 0 bridgehead atoms. The van der Waals surface area contributed by atoms with Crippen LogP contribution in [0.1, 0.15) is 19.4 Å². The Bertz CT molecular complexity index is 520. The van der Waals surface area contributed by atoms with Gasteiger partial charge in [0, 0.05) is 11.3 Å². The van der Waals surface area contributed by atoms with Crippen molar-refractivity contribution in [2.45, 2.75) is 19.4 Å². The smallest absolute Gasteiger partial charge is 0.164 e. The minimum atomic E-state index is -1.59. The van der Waals surface area contributed by atoms with Crippen molar-refractivity contribution in [1.29, 1.82) is 0 Å². The monoisotopic (exact) mass is 305 g/mol. The first-order valence-electron chi connectivity index (χ1n) is 5.98. The summed E-state index contributed by atoms with van der Waals surface area (Å²) < 4.78 is 41.3. The lowest BCUT2D eigenvalue weighted by molar-refractivity contribution is 0.231. The highest BCUT2D eigenvalue weighted by atomic mass is 32.2. The zero-order valence-electron chi connectivity index (χ0n) is 11.6. The molecule has 1 aromatic carbocycles. The molecule has 0 spiro atoms. The largest absolute Gasteiger partial charge is 0.399 e. The molecule has 0 aliphatic carbocycles. The standard InChI is InChI=1S/C13H18F3N3S/c1-7(2)13(6-14,19-12(18)20-3)9-4-8(17)5-10(15)11(9)16/h4-5,7H,6,17H2,1-3H3,(H2,18,19)/t13-/m0/s1. The second-order valence-corrected chi connectivity index (χ2v) is 5.56. The number of rotatable bonds is 4. The minimum absolute atomic E-state index is 0.00954. The molecule has 20 heavy (non-hydrogen) atoms. The van der Waals surface area contributed by atoms with Crippen LogP contribution in [0, 0.1) is 17.6 Å². The first kappa shape index (κ1) is 16.7. The molecule has 1 aromatic rings. The van der Waals surface area contributed by atoms with E-state index in [4.69, 9.17) is 11.5 Å². The van der Waals surface area contributed by atoms with Gasteiger partial charge >= 0.3 is 0 Å². The van der Waals surface area contributed by atoms with E-state index in [1.807, 2.05) is 0 Å². The molecule has 0 saturated heterocycles. The Balaban J connectivity index is 3.62. The highest BCUT2D eigenvalue weighted by Crippen LogP contribution is 2.38.